The normalized spacial score (nSPS) is 12.8. The molecule has 0 N–H and O–H groups in total. The van der Waals surface area contributed by atoms with E-state index in [1.54, 1.807) is 11.3 Å². The predicted molar refractivity (Wildman–Crippen MR) is 83.3 cm³/mol. The van der Waals surface area contributed by atoms with E-state index in [-0.39, 0.29) is 5.38 Å². The van der Waals surface area contributed by atoms with Crippen LogP contribution in [0.5, 0.6) is 0 Å². The lowest BCUT2D eigenvalue weighted by atomic mass is 10.1. The highest BCUT2D eigenvalue weighted by molar-refractivity contribution is 9.10. The van der Waals surface area contributed by atoms with Gasteiger partial charge in [-0.3, -0.25) is 0 Å². The lowest BCUT2D eigenvalue weighted by molar-refractivity contribution is 1.16. The van der Waals surface area contributed by atoms with E-state index in [9.17, 15) is 0 Å². The van der Waals surface area contributed by atoms with Gasteiger partial charge in [-0.25, -0.2) is 0 Å². The first-order chi connectivity index (χ1) is 7.99. The highest BCUT2D eigenvalue weighted by Crippen LogP contribution is 2.40. The molecule has 1 unspecified atom stereocenters. The summed E-state index contributed by atoms with van der Waals surface area (Å²) in [6, 6.07) is 8.36. The number of halogens is 3. The van der Waals surface area contributed by atoms with Crippen LogP contribution >= 0.6 is 54.8 Å². The van der Waals surface area contributed by atoms with Crippen molar-refractivity contribution in [3.63, 3.8) is 0 Å². The van der Waals surface area contributed by atoms with Crippen LogP contribution in [0.2, 0.25) is 0 Å². The van der Waals surface area contributed by atoms with Gasteiger partial charge >= 0.3 is 0 Å². The molecular formula is C13H11Br2ClS. The molecule has 1 heterocycles. The highest BCUT2D eigenvalue weighted by atomic mass is 79.9. The Kier molecular flexibility index (Phi) is 4.35. The van der Waals surface area contributed by atoms with Crippen molar-refractivity contribution >= 4 is 54.8 Å². The molecule has 2 rings (SSSR count). The van der Waals surface area contributed by atoms with E-state index in [0.717, 1.165) is 14.5 Å². The van der Waals surface area contributed by atoms with Crippen LogP contribution in [0.3, 0.4) is 0 Å². The number of rotatable bonds is 2. The van der Waals surface area contributed by atoms with Gasteiger partial charge in [0.05, 0.1) is 5.38 Å². The first-order valence-corrected chi connectivity index (χ1v) is 7.99. The fourth-order valence-electron chi connectivity index (χ4n) is 1.65. The number of hydrogen-bond acceptors (Lipinski definition) is 1. The van der Waals surface area contributed by atoms with Crippen molar-refractivity contribution in [3.05, 3.63) is 54.1 Å². The maximum Gasteiger partial charge on any atom is 0.0939 e. The Morgan fingerprint density at radius 1 is 1.12 bits per heavy atom. The summed E-state index contributed by atoms with van der Waals surface area (Å²) in [5, 5.41) is -0.0881. The third-order valence-corrected chi connectivity index (χ3v) is 6.06. The van der Waals surface area contributed by atoms with Crippen molar-refractivity contribution in [1.29, 1.82) is 0 Å². The minimum Gasteiger partial charge on any atom is -0.143 e. The Morgan fingerprint density at radius 2 is 1.82 bits per heavy atom. The zero-order valence-electron chi connectivity index (χ0n) is 9.43. The number of benzene rings is 1. The maximum atomic E-state index is 6.54. The van der Waals surface area contributed by atoms with Gasteiger partial charge in [-0.05, 0) is 53.0 Å². The van der Waals surface area contributed by atoms with Gasteiger partial charge in [-0.1, -0.05) is 28.1 Å². The van der Waals surface area contributed by atoms with Gasteiger partial charge < -0.3 is 0 Å². The molecule has 1 aromatic carbocycles. The van der Waals surface area contributed by atoms with Crippen molar-refractivity contribution in [2.24, 2.45) is 0 Å². The summed E-state index contributed by atoms with van der Waals surface area (Å²) in [7, 11) is 0. The fraction of sp³-hybridized carbons (Fsp3) is 0.231. The van der Waals surface area contributed by atoms with Crippen LogP contribution in [-0.4, -0.2) is 0 Å². The molecular weight excluding hydrogens is 383 g/mol. The maximum absolute atomic E-state index is 6.54. The molecule has 17 heavy (non-hydrogen) atoms. The topological polar surface area (TPSA) is 0 Å². The quantitative estimate of drug-likeness (QED) is 0.531. The molecule has 4 heteroatoms. The van der Waals surface area contributed by atoms with Crippen LogP contribution in [-0.2, 0) is 0 Å². The van der Waals surface area contributed by atoms with Crippen molar-refractivity contribution < 1.29 is 0 Å². The molecule has 90 valence electrons. The molecule has 0 nitrogen and oxygen atoms in total. The summed E-state index contributed by atoms with van der Waals surface area (Å²) in [4.78, 5) is 2.44. The molecule has 0 saturated heterocycles. The Bertz CT molecular complexity index is 548. The van der Waals surface area contributed by atoms with Crippen LogP contribution in [0.4, 0.5) is 0 Å². The Balaban J connectivity index is 2.40. The van der Waals surface area contributed by atoms with Crippen LogP contribution in [0.15, 0.2) is 33.2 Å². The molecule has 0 saturated carbocycles. The summed E-state index contributed by atoms with van der Waals surface area (Å²) in [6.07, 6.45) is 0. The minimum absolute atomic E-state index is 0.0881. The van der Waals surface area contributed by atoms with Gasteiger partial charge in [0.15, 0.2) is 0 Å². The van der Waals surface area contributed by atoms with Crippen LogP contribution in [0.1, 0.15) is 26.3 Å². The Labute approximate surface area is 127 Å². The van der Waals surface area contributed by atoms with Gasteiger partial charge in [0.1, 0.15) is 0 Å². The SMILES string of the molecule is Cc1cc(Br)c(C(Cl)c2ccc(Br)c(C)c2)s1. The number of aryl methyl sites for hydroxylation is 2. The van der Waals surface area contributed by atoms with E-state index >= 15 is 0 Å². The predicted octanol–water partition coefficient (Wildman–Crippen LogP) is 6.22. The van der Waals surface area contributed by atoms with Crippen molar-refractivity contribution in [2.45, 2.75) is 19.2 Å². The largest absolute Gasteiger partial charge is 0.143 e. The molecule has 1 atom stereocenters. The number of thiophene rings is 1. The van der Waals surface area contributed by atoms with Gasteiger partial charge in [0, 0.05) is 18.7 Å². The molecule has 0 amide bonds. The van der Waals surface area contributed by atoms with E-state index < -0.39 is 0 Å². The number of alkyl halides is 1. The summed E-state index contributed by atoms with van der Waals surface area (Å²) < 4.78 is 2.21. The second kappa shape index (κ2) is 5.43. The molecule has 2 aromatic rings. The van der Waals surface area contributed by atoms with Crippen molar-refractivity contribution in [3.8, 4) is 0 Å². The second-order valence-electron chi connectivity index (χ2n) is 3.94. The van der Waals surface area contributed by atoms with E-state index in [4.69, 9.17) is 11.6 Å². The first kappa shape index (κ1) is 13.6. The Morgan fingerprint density at radius 3 is 2.35 bits per heavy atom. The Hall–Kier alpha value is 0.170. The zero-order valence-corrected chi connectivity index (χ0v) is 14.2. The average Bonchev–Trinajstić information content (AvgIpc) is 2.61. The summed E-state index contributed by atoms with van der Waals surface area (Å²) in [5.41, 5.74) is 2.34. The van der Waals surface area contributed by atoms with E-state index in [2.05, 4.69) is 70.0 Å². The van der Waals surface area contributed by atoms with Crippen LogP contribution in [0.25, 0.3) is 0 Å². The van der Waals surface area contributed by atoms with E-state index in [1.807, 2.05) is 0 Å². The monoisotopic (exact) mass is 392 g/mol. The smallest absolute Gasteiger partial charge is 0.0939 e. The van der Waals surface area contributed by atoms with E-state index in [0.29, 0.717) is 0 Å². The molecule has 0 fully saturated rings. The minimum atomic E-state index is -0.0881. The highest BCUT2D eigenvalue weighted by Gasteiger charge is 2.17. The second-order valence-corrected chi connectivity index (χ2v) is 7.37. The number of hydrogen-bond donors (Lipinski definition) is 0. The summed E-state index contributed by atoms with van der Waals surface area (Å²) in [6.45, 7) is 4.17. The van der Waals surface area contributed by atoms with Crippen molar-refractivity contribution in [2.75, 3.05) is 0 Å². The van der Waals surface area contributed by atoms with Gasteiger partial charge in [0.2, 0.25) is 0 Å². The third kappa shape index (κ3) is 2.95. The first-order valence-electron chi connectivity index (χ1n) is 5.15. The van der Waals surface area contributed by atoms with Crippen molar-refractivity contribution in [1.82, 2.24) is 0 Å². The van der Waals surface area contributed by atoms with Gasteiger partial charge in [-0.2, -0.15) is 0 Å². The van der Waals surface area contributed by atoms with E-state index in [1.165, 1.54) is 15.3 Å². The van der Waals surface area contributed by atoms with Crippen LogP contribution in [0, 0.1) is 13.8 Å². The zero-order chi connectivity index (χ0) is 12.6. The molecule has 0 radical (unpaired) electrons. The summed E-state index contributed by atoms with van der Waals surface area (Å²) >= 11 is 15.3. The van der Waals surface area contributed by atoms with Crippen LogP contribution < -0.4 is 0 Å². The fourth-order valence-corrected chi connectivity index (χ4v) is 4.30. The van der Waals surface area contributed by atoms with Gasteiger partial charge in [-0.15, -0.1) is 22.9 Å². The molecule has 0 aliphatic carbocycles. The summed E-state index contributed by atoms with van der Waals surface area (Å²) in [5.74, 6) is 0. The lowest BCUT2D eigenvalue weighted by Gasteiger charge is -2.10. The standard InChI is InChI=1S/C13H11Br2ClS/c1-7-5-9(3-4-10(7)14)12(16)13-11(15)6-8(2)17-13/h3-6,12H,1-2H3. The molecule has 1 aromatic heterocycles. The average molecular weight is 395 g/mol. The lowest BCUT2D eigenvalue weighted by Crippen LogP contribution is -1.92. The molecule has 0 bridgehead atoms. The van der Waals surface area contributed by atoms with Gasteiger partial charge in [0.25, 0.3) is 0 Å². The third-order valence-electron chi connectivity index (χ3n) is 2.54. The molecule has 0 aliphatic rings. The molecule has 0 spiro atoms. The molecule has 0 aliphatic heterocycles.